The van der Waals surface area contributed by atoms with Gasteiger partial charge >= 0.3 is 5.97 Å². The van der Waals surface area contributed by atoms with E-state index in [1.807, 2.05) is 0 Å². The van der Waals surface area contributed by atoms with E-state index >= 15 is 0 Å². The molecule has 1 saturated heterocycles. The first-order valence-corrected chi connectivity index (χ1v) is 6.80. The molecule has 0 aromatic carbocycles. The maximum absolute atomic E-state index is 11.1. The molecule has 0 unspecified atom stereocenters. The van der Waals surface area contributed by atoms with Crippen LogP contribution in [0.4, 0.5) is 0 Å². The minimum absolute atomic E-state index is 0.0562. The summed E-state index contributed by atoms with van der Waals surface area (Å²) in [6.45, 7) is 0. The van der Waals surface area contributed by atoms with Crippen LogP contribution in [0.1, 0.15) is 12.8 Å². The SMILES string of the molecule is [N-]=[N+]=N[C@H](C(=O)O)C1(C2CC2)CS(O)(O)C1. The van der Waals surface area contributed by atoms with E-state index in [0.717, 1.165) is 12.8 Å². The Kier molecular flexibility index (Phi) is 2.54. The number of nitrogens with zero attached hydrogens (tertiary/aromatic N) is 3. The number of hydrogen-bond donors (Lipinski definition) is 3. The highest BCUT2D eigenvalue weighted by molar-refractivity contribution is 8.25. The topological polar surface area (TPSA) is 127 Å². The van der Waals surface area contributed by atoms with Crippen LogP contribution < -0.4 is 0 Å². The molecule has 2 aliphatic rings. The summed E-state index contributed by atoms with van der Waals surface area (Å²) in [5.41, 5.74) is 7.65. The number of carbonyl (C=O) groups is 1. The van der Waals surface area contributed by atoms with Gasteiger partial charge in [-0.2, -0.15) is 10.6 Å². The summed E-state index contributed by atoms with van der Waals surface area (Å²) in [5, 5.41) is 12.3. The Labute approximate surface area is 93.4 Å². The van der Waals surface area contributed by atoms with Crippen molar-refractivity contribution in [1.82, 2.24) is 0 Å². The zero-order valence-corrected chi connectivity index (χ0v) is 9.30. The highest BCUT2D eigenvalue weighted by Gasteiger charge is 2.62. The smallest absolute Gasteiger partial charge is 0.313 e. The first kappa shape index (κ1) is 11.5. The Morgan fingerprint density at radius 2 is 2.06 bits per heavy atom. The molecule has 0 spiro atoms. The van der Waals surface area contributed by atoms with Gasteiger partial charge in [0.1, 0.15) is 6.04 Å². The predicted molar refractivity (Wildman–Crippen MR) is 58.3 cm³/mol. The van der Waals surface area contributed by atoms with Crippen LogP contribution >= 0.6 is 10.6 Å². The average molecular weight is 247 g/mol. The summed E-state index contributed by atoms with van der Waals surface area (Å²) in [4.78, 5) is 13.6. The van der Waals surface area contributed by atoms with Gasteiger partial charge in [0, 0.05) is 21.8 Å². The molecule has 1 aliphatic carbocycles. The van der Waals surface area contributed by atoms with Gasteiger partial charge in [0.15, 0.2) is 0 Å². The van der Waals surface area contributed by atoms with Crippen molar-refractivity contribution in [1.29, 1.82) is 0 Å². The third-order valence-electron chi connectivity index (χ3n) is 3.34. The molecule has 1 saturated carbocycles. The van der Waals surface area contributed by atoms with Gasteiger partial charge in [-0.25, -0.2) is 0 Å². The van der Waals surface area contributed by atoms with E-state index in [-0.39, 0.29) is 17.4 Å². The summed E-state index contributed by atoms with van der Waals surface area (Å²) in [5.74, 6) is -0.917. The van der Waals surface area contributed by atoms with Gasteiger partial charge in [0.05, 0.1) is 0 Å². The van der Waals surface area contributed by atoms with E-state index in [9.17, 15) is 13.9 Å². The molecule has 90 valence electrons. The molecule has 2 fully saturated rings. The van der Waals surface area contributed by atoms with E-state index in [4.69, 9.17) is 10.6 Å². The molecule has 0 amide bonds. The van der Waals surface area contributed by atoms with Gasteiger partial charge in [0.2, 0.25) is 0 Å². The van der Waals surface area contributed by atoms with Crippen molar-refractivity contribution in [2.45, 2.75) is 18.9 Å². The van der Waals surface area contributed by atoms with Gasteiger partial charge in [0.25, 0.3) is 0 Å². The Hall–Kier alpha value is -0.950. The minimum Gasteiger partial charge on any atom is -0.481 e. The second kappa shape index (κ2) is 3.53. The summed E-state index contributed by atoms with van der Waals surface area (Å²) < 4.78 is 18.9. The monoisotopic (exact) mass is 247 g/mol. The number of rotatable bonds is 4. The fourth-order valence-electron chi connectivity index (χ4n) is 2.56. The molecule has 0 aromatic rings. The molecular formula is C8H13N3O4S. The number of carboxylic acids is 1. The van der Waals surface area contributed by atoms with Crippen LogP contribution in [0.5, 0.6) is 0 Å². The highest BCUT2D eigenvalue weighted by atomic mass is 32.3. The fraction of sp³-hybridized carbons (Fsp3) is 0.875. The molecule has 2 rings (SSSR count). The first-order chi connectivity index (χ1) is 7.41. The third kappa shape index (κ3) is 1.73. The molecule has 7 nitrogen and oxygen atoms in total. The lowest BCUT2D eigenvalue weighted by molar-refractivity contribution is -0.141. The van der Waals surface area contributed by atoms with Crippen LogP contribution in [0.2, 0.25) is 0 Å². The summed E-state index contributed by atoms with van der Waals surface area (Å²) in [6, 6.07) is -1.18. The van der Waals surface area contributed by atoms with Crippen LogP contribution in [0.25, 0.3) is 10.4 Å². The van der Waals surface area contributed by atoms with Crippen molar-refractivity contribution < 1.29 is 19.0 Å². The maximum Gasteiger partial charge on any atom is 0.313 e. The number of hydrogen-bond acceptors (Lipinski definition) is 4. The van der Waals surface area contributed by atoms with Crippen LogP contribution in [-0.4, -0.2) is 37.7 Å². The molecule has 0 bridgehead atoms. The second-order valence-electron chi connectivity index (χ2n) is 4.54. The predicted octanol–water partition coefficient (Wildman–Crippen LogP) is 1.91. The lowest BCUT2D eigenvalue weighted by atomic mass is 9.78. The summed E-state index contributed by atoms with van der Waals surface area (Å²) >= 11 is 0. The molecule has 16 heavy (non-hydrogen) atoms. The molecule has 1 aliphatic heterocycles. The van der Waals surface area contributed by atoms with Crippen molar-refractivity contribution in [2.75, 3.05) is 11.5 Å². The fourth-order valence-corrected chi connectivity index (χ4v) is 4.98. The Morgan fingerprint density at radius 1 is 1.50 bits per heavy atom. The van der Waals surface area contributed by atoms with E-state index in [0.29, 0.717) is 0 Å². The maximum atomic E-state index is 11.1. The highest BCUT2D eigenvalue weighted by Crippen LogP contribution is 2.68. The van der Waals surface area contributed by atoms with Gasteiger partial charge in [-0.05, 0) is 24.3 Å². The summed E-state index contributed by atoms with van der Waals surface area (Å²) in [7, 11) is -2.64. The number of azide groups is 1. The Bertz CT molecular complexity index is 365. The Balaban J connectivity index is 2.25. The van der Waals surface area contributed by atoms with E-state index in [2.05, 4.69) is 10.0 Å². The van der Waals surface area contributed by atoms with Crippen molar-refractivity contribution >= 4 is 16.6 Å². The van der Waals surface area contributed by atoms with E-state index in [1.54, 1.807) is 0 Å². The van der Waals surface area contributed by atoms with E-state index < -0.39 is 28.0 Å². The zero-order chi connectivity index (χ0) is 12.0. The molecular weight excluding hydrogens is 234 g/mol. The first-order valence-electron chi connectivity index (χ1n) is 4.92. The number of aliphatic carboxylic acids is 1. The van der Waals surface area contributed by atoms with Crippen LogP contribution in [0.3, 0.4) is 0 Å². The minimum atomic E-state index is -2.64. The van der Waals surface area contributed by atoms with Gasteiger partial charge in [-0.15, -0.1) is 0 Å². The zero-order valence-electron chi connectivity index (χ0n) is 8.48. The van der Waals surface area contributed by atoms with Crippen LogP contribution in [0.15, 0.2) is 5.11 Å². The molecule has 0 aromatic heterocycles. The average Bonchev–Trinajstić information content (AvgIpc) is 2.92. The quantitative estimate of drug-likeness (QED) is 0.398. The second-order valence-corrected chi connectivity index (χ2v) is 6.73. The van der Waals surface area contributed by atoms with Gasteiger partial charge < -0.3 is 5.11 Å². The number of carboxylic acid groups (broad SMARTS) is 1. The van der Waals surface area contributed by atoms with Gasteiger partial charge in [-0.1, -0.05) is 5.11 Å². The van der Waals surface area contributed by atoms with Crippen molar-refractivity contribution in [2.24, 2.45) is 16.4 Å². The molecule has 1 heterocycles. The molecule has 0 radical (unpaired) electrons. The molecule has 3 N–H and O–H groups in total. The third-order valence-corrected chi connectivity index (χ3v) is 5.34. The van der Waals surface area contributed by atoms with E-state index in [1.165, 1.54) is 0 Å². The standard InChI is InChI=1S/C8H13N3O4S/c9-11-10-6(7(12)13)8(5-1-2-5)3-16(14,15)4-8/h5-6,14-15H,1-4H2,(H,12,13)/t6-/m1/s1. The van der Waals surface area contributed by atoms with Crippen LogP contribution in [0, 0.1) is 11.3 Å². The Morgan fingerprint density at radius 3 is 2.38 bits per heavy atom. The lowest BCUT2D eigenvalue weighted by Gasteiger charge is -2.57. The summed E-state index contributed by atoms with van der Waals surface area (Å²) in [6.07, 6.45) is 1.75. The lowest BCUT2D eigenvalue weighted by Crippen LogP contribution is -2.56. The van der Waals surface area contributed by atoms with Gasteiger partial charge in [-0.3, -0.25) is 13.9 Å². The molecule has 8 heteroatoms. The largest absolute Gasteiger partial charge is 0.481 e. The van der Waals surface area contributed by atoms with Crippen molar-refractivity contribution in [3.63, 3.8) is 0 Å². The molecule has 1 atom stereocenters. The van der Waals surface area contributed by atoms with Crippen LogP contribution in [-0.2, 0) is 4.79 Å². The normalized spacial score (nSPS) is 29.4. The van der Waals surface area contributed by atoms with Crippen molar-refractivity contribution in [3.8, 4) is 0 Å². The van der Waals surface area contributed by atoms with Crippen molar-refractivity contribution in [3.05, 3.63) is 10.4 Å².